The lowest BCUT2D eigenvalue weighted by molar-refractivity contribution is -0.124. The molecular weight excluding hydrogens is 482 g/mol. The monoisotopic (exact) mass is 509 g/mol. The van der Waals surface area contributed by atoms with Crippen molar-refractivity contribution in [2.45, 2.75) is 37.4 Å². The zero-order valence-electron chi connectivity index (χ0n) is 21.0. The second-order valence-corrected chi connectivity index (χ2v) is 10.1. The molecule has 2 atom stereocenters. The van der Waals surface area contributed by atoms with E-state index in [1.807, 2.05) is 64.5 Å². The first-order valence-electron chi connectivity index (χ1n) is 12.9. The van der Waals surface area contributed by atoms with E-state index in [1.54, 1.807) is 28.7 Å². The van der Waals surface area contributed by atoms with Gasteiger partial charge in [-0.05, 0) is 41.8 Å². The number of aromatic nitrogens is 5. The number of benzene rings is 2. The number of hydrogen-bond acceptors (Lipinski definition) is 6. The van der Waals surface area contributed by atoms with Gasteiger partial charge in [0.1, 0.15) is 22.6 Å². The molecule has 38 heavy (non-hydrogen) atoms. The van der Waals surface area contributed by atoms with E-state index in [2.05, 4.69) is 15.4 Å². The Kier molecular flexibility index (Phi) is 5.10. The fourth-order valence-corrected chi connectivity index (χ4v) is 6.33. The topological polar surface area (TPSA) is 98.4 Å². The molecule has 0 unspecified atom stereocenters. The van der Waals surface area contributed by atoms with E-state index in [0.29, 0.717) is 44.1 Å². The quantitative estimate of drug-likeness (QED) is 0.391. The fourth-order valence-electron chi connectivity index (χ4n) is 6.33. The molecule has 5 heterocycles. The molecular formula is C28H27N7O3. The Morgan fingerprint density at radius 3 is 2.87 bits per heavy atom. The van der Waals surface area contributed by atoms with Crippen LogP contribution in [0.15, 0.2) is 67.0 Å². The van der Waals surface area contributed by atoms with Crippen LogP contribution in [0.2, 0.25) is 0 Å². The summed E-state index contributed by atoms with van der Waals surface area (Å²) in [6.07, 6.45) is 4.78. The standard InChI is InChI=1S/C28H27N7O3/c1-32-24(10-12-29-32)26(36)34-14-11-28-22-8-2-3-9-23(22)35(27(28)37)18-20-17-33(31-30-20)13-5-15-38-21-7-4-6-19(16-21)25(28)34/h2-4,6-10,12,16-17,25H,5,11,13-15,18H2,1H3/t25-,28+/m0/s1. The minimum atomic E-state index is -0.945. The Balaban J connectivity index is 1.43. The fraction of sp³-hybridized carbons (Fsp3) is 0.321. The van der Waals surface area contributed by atoms with Gasteiger partial charge in [-0.1, -0.05) is 35.5 Å². The average Bonchev–Trinajstić information content (AvgIpc) is 3.70. The molecule has 0 aliphatic carbocycles. The van der Waals surface area contributed by atoms with Crippen molar-refractivity contribution in [2.75, 3.05) is 18.1 Å². The number of amides is 2. The maximum Gasteiger partial charge on any atom is 0.272 e. The summed E-state index contributed by atoms with van der Waals surface area (Å²) in [6.45, 7) is 1.93. The van der Waals surface area contributed by atoms with Gasteiger partial charge in [0.15, 0.2) is 0 Å². The van der Waals surface area contributed by atoms with Gasteiger partial charge >= 0.3 is 0 Å². The van der Waals surface area contributed by atoms with Crippen LogP contribution >= 0.6 is 0 Å². The number of rotatable bonds is 1. The molecule has 1 fully saturated rings. The number of aryl methyl sites for hydroxylation is 2. The highest BCUT2D eigenvalue weighted by Gasteiger charge is 2.61. The molecule has 3 aliphatic heterocycles. The molecule has 10 heteroatoms. The van der Waals surface area contributed by atoms with Crippen LogP contribution in [-0.4, -0.2) is 54.6 Å². The third-order valence-electron chi connectivity index (χ3n) is 8.01. The summed E-state index contributed by atoms with van der Waals surface area (Å²) in [6, 6.07) is 17.0. The summed E-state index contributed by atoms with van der Waals surface area (Å²) in [5.74, 6) is 0.532. The second kappa shape index (κ2) is 8.54. The third kappa shape index (κ3) is 3.29. The Labute approximate surface area is 219 Å². The predicted molar refractivity (Wildman–Crippen MR) is 137 cm³/mol. The maximum absolute atomic E-state index is 14.6. The van der Waals surface area contributed by atoms with Gasteiger partial charge < -0.3 is 14.5 Å². The van der Waals surface area contributed by atoms with Crippen LogP contribution in [0.1, 0.15) is 46.2 Å². The number of nitrogens with zero attached hydrogens (tertiary/aromatic N) is 7. The predicted octanol–water partition coefficient (Wildman–Crippen LogP) is 2.87. The molecule has 7 rings (SSSR count). The highest BCUT2D eigenvalue weighted by atomic mass is 16.5. The number of likely N-dealkylation sites (tertiary alicyclic amines) is 1. The average molecular weight is 510 g/mol. The van der Waals surface area contributed by atoms with Gasteiger partial charge in [-0.3, -0.25) is 19.0 Å². The number of carbonyl (C=O) groups is 2. The zero-order chi connectivity index (χ0) is 25.9. The lowest BCUT2D eigenvalue weighted by Crippen LogP contribution is -2.45. The summed E-state index contributed by atoms with van der Waals surface area (Å²) < 4.78 is 9.48. The molecule has 0 saturated carbocycles. The molecule has 0 N–H and O–H groups in total. The summed E-state index contributed by atoms with van der Waals surface area (Å²) in [4.78, 5) is 32.2. The van der Waals surface area contributed by atoms with Crippen molar-refractivity contribution in [1.29, 1.82) is 0 Å². The first-order valence-corrected chi connectivity index (χ1v) is 12.9. The van der Waals surface area contributed by atoms with Crippen LogP contribution in [0, 0.1) is 0 Å². The van der Waals surface area contributed by atoms with Gasteiger partial charge in [-0.2, -0.15) is 5.10 Å². The van der Waals surface area contributed by atoms with Crippen LogP contribution in [0.3, 0.4) is 0 Å². The Bertz CT molecular complexity index is 1560. The first-order chi connectivity index (χ1) is 18.6. The smallest absolute Gasteiger partial charge is 0.272 e. The maximum atomic E-state index is 14.6. The van der Waals surface area contributed by atoms with Crippen molar-refractivity contribution < 1.29 is 14.3 Å². The number of anilines is 1. The molecule has 10 nitrogen and oxygen atoms in total. The van der Waals surface area contributed by atoms with Crippen LogP contribution in [0.5, 0.6) is 5.75 Å². The summed E-state index contributed by atoms with van der Waals surface area (Å²) in [5.41, 5.74) is 2.92. The molecule has 4 aromatic rings. The van der Waals surface area contributed by atoms with Gasteiger partial charge in [0.2, 0.25) is 5.91 Å². The van der Waals surface area contributed by atoms with E-state index in [4.69, 9.17) is 4.74 Å². The van der Waals surface area contributed by atoms with Crippen molar-refractivity contribution >= 4 is 17.5 Å². The van der Waals surface area contributed by atoms with Crippen molar-refractivity contribution in [2.24, 2.45) is 7.05 Å². The van der Waals surface area contributed by atoms with Gasteiger partial charge in [0.25, 0.3) is 5.91 Å². The van der Waals surface area contributed by atoms with E-state index in [-0.39, 0.29) is 11.8 Å². The Morgan fingerprint density at radius 2 is 2.00 bits per heavy atom. The van der Waals surface area contributed by atoms with E-state index < -0.39 is 11.5 Å². The second-order valence-electron chi connectivity index (χ2n) is 10.1. The SMILES string of the molecule is Cn1nccc1C(=O)N1CC[C@]23C(=O)N(Cc4cn(nn4)CCCOc4cccc(c4)[C@H]12)c1ccccc13. The van der Waals surface area contributed by atoms with Gasteiger partial charge in [-0.25, -0.2) is 0 Å². The molecule has 1 spiro atoms. The molecule has 2 aromatic carbocycles. The Morgan fingerprint density at radius 1 is 1.11 bits per heavy atom. The van der Waals surface area contributed by atoms with Crippen molar-refractivity contribution in [1.82, 2.24) is 29.7 Å². The number of hydrogen-bond donors (Lipinski definition) is 0. The highest BCUT2D eigenvalue weighted by molar-refractivity contribution is 6.10. The summed E-state index contributed by atoms with van der Waals surface area (Å²) in [5, 5.41) is 12.8. The van der Waals surface area contributed by atoms with Gasteiger partial charge in [0.05, 0.1) is 25.4 Å². The molecule has 1 saturated heterocycles. The lowest BCUT2D eigenvalue weighted by atomic mass is 9.72. The Hall–Kier alpha value is -4.47. The highest BCUT2D eigenvalue weighted by Crippen LogP contribution is 2.57. The minimum absolute atomic E-state index is 0.0280. The molecule has 2 amide bonds. The largest absolute Gasteiger partial charge is 0.494 e. The van der Waals surface area contributed by atoms with Gasteiger partial charge in [-0.15, -0.1) is 5.10 Å². The normalized spacial score (nSPS) is 22.3. The third-order valence-corrected chi connectivity index (χ3v) is 8.01. The van der Waals surface area contributed by atoms with Gasteiger partial charge in [0, 0.05) is 38.4 Å². The first kappa shape index (κ1) is 22.7. The van der Waals surface area contributed by atoms with Crippen molar-refractivity contribution in [3.05, 3.63) is 89.5 Å². The van der Waals surface area contributed by atoms with E-state index in [9.17, 15) is 9.59 Å². The van der Waals surface area contributed by atoms with Crippen LogP contribution in [-0.2, 0) is 30.3 Å². The van der Waals surface area contributed by atoms with Crippen molar-refractivity contribution in [3.63, 3.8) is 0 Å². The summed E-state index contributed by atoms with van der Waals surface area (Å²) in [7, 11) is 1.76. The van der Waals surface area contributed by atoms with E-state index in [0.717, 1.165) is 28.9 Å². The van der Waals surface area contributed by atoms with Crippen LogP contribution in [0.4, 0.5) is 5.69 Å². The summed E-state index contributed by atoms with van der Waals surface area (Å²) >= 11 is 0. The van der Waals surface area contributed by atoms with E-state index in [1.165, 1.54) is 0 Å². The molecule has 3 aliphatic rings. The lowest BCUT2D eigenvalue weighted by Gasteiger charge is -2.35. The van der Waals surface area contributed by atoms with Crippen LogP contribution in [0.25, 0.3) is 0 Å². The number of ether oxygens (including phenoxy) is 1. The van der Waals surface area contributed by atoms with Crippen molar-refractivity contribution in [3.8, 4) is 5.75 Å². The van der Waals surface area contributed by atoms with E-state index >= 15 is 0 Å². The zero-order valence-corrected chi connectivity index (χ0v) is 21.0. The molecule has 2 aromatic heterocycles. The van der Waals surface area contributed by atoms with Crippen LogP contribution < -0.4 is 9.64 Å². The molecule has 6 bridgehead atoms. The molecule has 0 radical (unpaired) electrons. The minimum Gasteiger partial charge on any atom is -0.494 e. The molecule has 192 valence electrons. The number of carbonyl (C=O) groups excluding carboxylic acids is 2. The number of fused-ring (bicyclic) bond motifs is 8. The number of para-hydroxylation sites is 1.